The van der Waals surface area contributed by atoms with E-state index in [1.165, 1.54) is 5.56 Å². The number of likely N-dealkylation sites (tertiary alicyclic amines) is 1. The molecule has 1 aliphatic heterocycles. The summed E-state index contributed by atoms with van der Waals surface area (Å²) in [7, 11) is 1.79. The number of aromatic hydroxyl groups is 1. The zero-order valence-corrected chi connectivity index (χ0v) is 10.6. The number of rotatable bonds is 3. The largest absolute Gasteiger partial charge is 0.508 e. The number of piperidine rings is 1. The monoisotopic (exact) mass is 235 g/mol. The number of ether oxygens (including phenoxy) is 1. The molecule has 0 radical (unpaired) electrons. The van der Waals surface area contributed by atoms with Gasteiger partial charge in [-0.15, -0.1) is 0 Å². The molecule has 3 heteroatoms. The fourth-order valence-electron chi connectivity index (χ4n) is 2.49. The third kappa shape index (κ3) is 2.99. The van der Waals surface area contributed by atoms with E-state index in [0.29, 0.717) is 17.9 Å². The summed E-state index contributed by atoms with van der Waals surface area (Å²) in [5.41, 5.74) is 1.18. The third-order valence-electron chi connectivity index (χ3n) is 3.71. The van der Waals surface area contributed by atoms with Crippen molar-refractivity contribution < 1.29 is 9.84 Å². The fraction of sp³-hybridized carbons (Fsp3) is 0.571. The Morgan fingerprint density at radius 2 is 2.06 bits per heavy atom. The summed E-state index contributed by atoms with van der Waals surface area (Å²) in [6.07, 6.45) is 2.61. The Morgan fingerprint density at radius 3 is 2.65 bits per heavy atom. The van der Waals surface area contributed by atoms with Crippen LogP contribution in [0.25, 0.3) is 0 Å². The molecule has 0 amide bonds. The van der Waals surface area contributed by atoms with Crippen LogP contribution in [0.5, 0.6) is 5.75 Å². The maximum Gasteiger partial charge on any atom is 0.115 e. The highest BCUT2D eigenvalue weighted by Gasteiger charge is 2.23. The molecule has 2 rings (SSSR count). The van der Waals surface area contributed by atoms with E-state index in [0.717, 1.165) is 25.9 Å². The molecule has 3 nitrogen and oxygen atoms in total. The molecule has 1 atom stereocenters. The van der Waals surface area contributed by atoms with E-state index < -0.39 is 0 Å². The van der Waals surface area contributed by atoms with Crippen molar-refractivity contribution in [2.45, 2.75) is 31.9 Å². The predicted octanol–water partition coefficient (Wildman–Crippen LogP) is 2.56. The summed E-state index contributed by atoms with van der Waals surface area (Å²) in [6, 6.07) is 7.91. The van der Waals surface area contributed by atoms with Crippen LogP contribution in [0.4, 0.5) is 0 Å². The number of methoxy groups -OCH3 is 1. The Hall–Kier alpha value is -1.06. The highest BCUT2D eigenvalue weighted by molar-refractivity contribution is 5.29. The number of benzene rings is 1. The van der Waals surface area contributed by atoms with Gasteiger partial charge in [-0.25, -0.2) is 0 Å². The standard InChI is InChI=1S/C14H21NO2/c1-11(12-4-3-5-13(16)10-12)15-8-6-14(17-2)7-9-15/h3-5,10-11,14,16H,6-9H2,1-2H3. The van der Waals surface area contributed by atoms with Gasteiger partial charge in [0.05, 0.1) is 6.10 Å². The topological polar surface area (TPSA) is 32.7 Å². The quantitative estimate of drug-likeness (QED) is 0.874. The number of nitrogens with zero attached hydrogens (tertiary/aromatic N) is 1. The first-order valence-electron chi connectivity index (χ1n) is 6.26. The zero-order valence-electron chi connectivity index (χ0n) is 10.6. The van der Waals surface area contributed by atoms with Gasteiger partial charge in [-0.05, 0) is 37.5 Å². The normalized spacial score (nSPS) is 20.4. The molecular formula is C14H21NO2. The van der Waals surface area contributed by atoms with E-state index in [9.17, 15) is 5.11 Å². The van der Waals surface area contributed by atoms with Gasteiger partial charge < -0.3 is 9.84 Å². The molecule has 1 unspecified atom stereocenters. The van der Waals surface area contributed by atoms with E-state index in [4.69, 9.17) is 4.74 Å². The summed E-state index contributed by atoms with van der Waals surface area (Å²) < 4.78 is 5.38. The lowest BCUT2D eigenvalue weighted by atomic mass is 10.0. The van der Waals surface area contributed by atoms with Gasteiger partial charge >= 0.3 is 0 Å². The van der Waals surface area contributed by atoms with Gasteiger partial charge in [0.2, 0.25) is 0 Å². The summed E-state index contributed by atoms with van der Waals surface area (Å²) >= 11 is 0. The van der Waals surface area contributed by atoms with Crippen molar-refractivity contribution in [3.05, 3.63) is 29.8 Å². The second-order valence-electron chi connectivity index (χ2n) is 4.74. The first-order chi connectivity index (χ1) is 8.20. The average Bonchev–Trinajstić information content (AvgIpc) is 2.38. The van der Waals surface area contributed by atoms with Crippen LogP contribution in [0, 0.1) is 0 Å². The van der Waals surface area contributed by atoms with Crippen LogP contribution < -0.4 is 0 Å². The van der Waals surface area contributed by atoms with Crippen molar-refractivity contribution in [3.63, 3.8) is 0 Å². The molecule has 0 aliphatic carbocycles. The second kappa shape index (κ2) is 5.52. The molecule has 0 spiro atoms. The minimum Gasteiger partial charge on any atom is -0.508 e. The van der Waals surface area contributed by atoms with Crippen molar-refractivity contribution in [3.8, 4) is 5.75 Å². The zero-order chi connectivity index (χ0) is 12.3. The Labute approximate surface area is 103 Å². The minimum absolute atomic E-state index is 0.348. The van der Waals surface area contributed by atoms with Gasteiger partial charge in [0.1, 0.15) is 5.75 Å². The van der Waals surface area contributed by atoms with E-state index in [1.54, 1.807) is 13.2 Å². The van der Waals surface area contributed by atoms with Crippen molar-refractivity contribution >= 4 is 0 Å². The maximum absolute atomic E-state index is 9.50. The lowest BCUT2D eigenvalue weighted by Crippen LogP contribution is -2.38. The molecule has 0 saturated carbocycles. The van der Waals surface area contributed by atoms with Gasteiger partial charge in [-0.1, -0.05) is 12.1 Å². The second-order valence-corrected chi connectivity index (χ2v) is 4.74. The van der Waals surface area contributed by atoms with E-state index >= 15 is 0 Å². The van der Waals surface area contributed by atoms with E-state index in [2.05, 4.69) is 17.9 Å². The Balaban J connectivity index is 1.99. The van der Waals surface area contributed by atoms with Gasteiger partial charge in [0.15, 0.2) is 0 Å². The molecular weight excluding hydrogens is 214 g/mol. The summed E-state index contributed by atoms with van der Waals surface area (Å²) in [6.45, 7) is 4.33. The molecule has 1 saturated heterocycles. The van der Waals surface area contributed by atoms with Crippen molar-refractivity contribution in [2.24, 2.45) is 0 Å². The SMILES string of the molecule is COC1CCN(C(C)c2cccc(O)c2)CC1. The van der Waals surface area contributed by atoms with E-state index in [-0.39, 0.29) is 0 Å². The molecule has 0 bridgehead atoms. The lowest BCUT2D eigenvalue weighted by Gasteiger charge is -2.35. The highest BCUT2D eigenvalue weighted by Crippen LogP contribution is 2.26. The van der Waals surface area contributed by atoms with Crippen LogP contribution in [0.2, 0.25) is 0 Å². The smallest absolute Gasteiger partial charge is 0.115 e. The molecule has 94 valence electrons. The summed E-state index contributed by atoms with van der Waals surface area (Å²) in [5, 5.41) is 9.50. The number of phenolic OH excluding ortho intramolecular Hbond substituents is 1. The van der Waals surface area contributed by atoms with Crippen molar-refractivity contribution in [2.75, 3.05) is 20.2 Å². The van der Waals surface area contributed by atoms with Crippen LogP contribution in [0.3, 0.4) is 0 Å². The Kier molecular flexibility index (Phi) is 4.02. The lowest BCUT2D eigenvalue weighted by molar-refractivity contribution is 0.0294. The van der Waals surface area contributed by atoms with Gasteiger partial charge in [-0.2, -0.15) is 0 Å². The maximum atomic E-state index is 9.50. The molecule has 1 aromatic rings. The Morgan fingerprint density at radius 1 is 1.35 bits per heavy atom. The van der Waals surface area contributed by atoms with Crippen molar-refractivity contribution in [1.29, 1.82) is 0 Å². The highest BCUT2D eigenvalue weighted by atomic mass is 16.5. The van der Waals surface area contributed by atoms with Crippen LogP contribution in [-0.4, -0.2) is 36.3 Å². The summed E-state index contributed by atoms with van der Waals surface area (Å²) in [4.78, 5) is 2.45. The Bertz CT molecular complexity index is 359. The summed E-state index contributed by atoms with van der Waals surface area (Å²) in [5.74, 6) is 0.348. The van der Waals surface area contributed by atoms with Gasteiger partial charge in [0, 0.05) is 26.2 Å². The number of phenols is 1. The average molecular weight is 235 g/mol. The molecule has 1 aliphatic rings. The molecule has 1 N–H and O–H groups in total. The van der Waals surface area contributed by atoms with Crippen LogP contribution in [-0.2, 0) is 4.74 Å². The van der Waals surface area contributed by atoms with Crippen LogP contribution in [0.1, 0.15) is 31.4 Å². The third-order valence-corrected chi connectivity index (χ3v) is 3.71. The predicted molar refractivity (Wildman–Crippen MR) is 68.1 cm³/mol. The van der Waals surface area contributed by atoms with Gasteiger partial charge in [-0.3, -0.25) is 4.90 Å². The first-order valence-corrected chi connectivity index (χ1v) is 6.26. The number of hydrogen-bond acceptors (Lipinski definition) is 3. The number of hydrogen-bond donors (Lipinski definition) is 1. The minimum atomic E-state index is 0.348. The van der Waals surface area contributed by atoms with E-state index in [1.807, 2.05) is 12.1 Å². The molecule has 1 aromatic carbocycles. The van der Waals surface area contributed by atoms with Crippen LogP contribution >= 0.6 is 0 Å². The first kappa shape index (κ1) is 12.4. The molecule has 1 fully saturated rings. The molecule has 0 aromatic heterocycles. The van der Waals surface area contributed by atoms with Gasteiger partial charge in [0.25, 0.3) is 0 Å². The molecule has 1 heterocycles. The molecule has 17 heavy (non-hydrogen) atoms. The van der Waals surface area contributed by atoms with Crippen molar-refractivity contribution in [1.82, 2.24) is 4.90 Å². The fourth-order valence-corrected chi connectivity index (χ4v) is 2.49. The van der Waals surface area contributed by atoms with Crippen LogP contribution in [0.15, 0.2) is 24.3 Å².